The molecule has 94 valence electrons. The van der Waals surface area contributed by atoms with E-state index in [0.717, 1.165) is 6.20 Å². The van der Waals surface area contributed by atoms with Crippen LogP contribution in [0.5, 0.6) is 0 Å². The first-order valence-corrected chi connectivity index (χ1v) is 4.87. The highest BCUT2D eigenvalue weighted by molar-refractivity contribution is 4.80. The fraction of sp³-hybridized carbons (Fsp3) is 0.625. The Morgan fingerprint density at radius 3 is 2.71 bits per heavy atom. The van der Waals surface area contributed by atoms with Crippen LogP contribution in [-0.4, -0.2) is 48.6 Å². The second-order valence-electron chi connectivity index (χ2n) is 3.67. The van der Waals surface area contributed by atoms with Crippen molar-refractivity contribution in [3.05, 3.63) is 27.0 Å². The molecule has 1 saturated heterocycles. The molecule has 0 amide bonds. The maximum Gasteiger partial charge on any atom is 0.347 e. The average Bonchev–Trinajstić information content (AvgIpc) is 2.24. The van der Waals surface area contributed by atoms with E-state index in [4.69, 9.17) is 4.74 Å². The molecule has 0 unspecified atom stereocenters. The molecular formula is C8H11N3O6. The van der Waals surface area contributed by atoms with E-state index in [-0.39, 0.29) is 6.42 Å². The molecule has 1 aliphatic rings. The third kappa shape index (κ3) is 2.26. The normalized spacial score (nSPS) is 33.6. The molecule has 0 aliphatic carbocycles. The average molecular weight is 245 g/mol. The zero-order valence-corrected chi connectivity index (χ0v) is 8.55. The monoisotopic (exact) mass is 245 g/mol. The Bertz CT molecular complexity index is 510. The molecular weight excluding hydrogens is 234 g/mol. The topological polar surface area (TPSA) is 138 Å². The molecule has 0 aromatic carbocycles. The van der Waals surface area contributed by atoms with Gasteiger partial charge in [0.1, 0.15) is 18.4 Å². The van der Waals surface area contributed by atoms with Crippen LogP contribution in [0.3, 0.4) is 0 Å². The van der Waals surface area contributed by atoms with Crippen LogP contribution < -0.4 is 11.2 Å². The van der Waals surface area contributed by atoms with E-state index in [9.17, 15) is 24.9 Å². The summed E-state index contributed by atoms with van der Waals surface area (Å²) in [5.41, 5.74) is -1.55. The fourth-order valence-electron chi connectivity index (χ4n) is 1.57. The van der Waals surface area contributed by atoms with Crippen molar-refractivity contribution >= 4 is 0 Å². The van der Waals surface area contributed by atoms with Crippen molar-refractivity contribution in [1.29, 1.82) is 0 Å². The summed E-state index contributed by atoms with van der Waals surface area (Å²) in [5.74, 6) is 0. The lowest BCUT2D eigenvalue weighted by Crippen LogP contribution is -2.49. The summed E-state index contributed by atoms with van der Waals surface area (Å²) in [6, 6.07) is 0. The van der Waals surface area contributed by atoms with Gasteiger partial charge in [0.15, 0.2) is 12.5 Å². The highest BCUT2D eigenvalue weighted by atomic mass is 16.6. The van der Waals surface area contributed by atoms with Gasteiger partial charge in [-0.25, -0.2) is 4.79 Å². The van der Waals surface area contributed by atoms with Crippen LogP contribution in [0, 0.1) is 0 Å². The van der Waals surface area contributed by atoms with E-state index in [1.165, 1.54) is 0 Å². The van der Waals surface area contributed by atoms with E-state index in [2.05, 4.69) is 5.10 Å². The van der Waals surface area contributed by atoms with Crippen LogP contribution in [0.25, 0.3) is 0 Å². The SMILES string of the molecule is O=c1cnn([C@@H]2O[C@@H](O)[C@@H](O)C[C@H]2O)c(=O)[nH]1. The Balaban J connectivity index is 2.33. The maximum atomic E-state index is 11.4. The molecule has 1 aromatic heterocycles. The summed E-state index contributed by atoms with van der Waals surface area (Å²) in [4.78, 5) is 24.1. The van der Waals surface area contributed by atoms with E-state index >= 15 is 0 Å². The van der Waals surface area contributed by atoms with E-state index in [1.54, 1.807) is 0 Å². The second kappa shape index (κ2) is 4.37. The van der Waals surface area contributed by atoms with Crippen molar-refractivity contribution in [2.75, 3.05) is 0 Å². The van der Waals surface area contributed by atoms with Crippen molar-refractivity contribution in [2.45, 2.75) is 31.1 Å². The minimum absolute atomic E-state index is 0.168. The van der Waals surface area contributed by atoms with Gasteiger partial charge >= 0.3 is 5.69 Å². The van der Waals surface area contributed by atoms with Crippen molar-refractivity contribution in [2.24, 2.45) is 0 Å². The van der Waals surface area contributed by atoms with E-state index in [1.807, 2.05) is 4.98 Å². The summed E-state index contributed by atoms with van der Waals surface area (Å²) < 4.78 is 5.55. The molecule has 2 rings (SSSR count). The number of aromatic nitrogens is 3. The number of hydrogen-bond donors (Lipinski definition) is 4. The molecule has 2 heterocycles. The highest BCUT2D eigenvalue weighted by Gasteiger charge is 2.37. The molecule has 0 radical (unpaired) electrons. The van der Waals surface area contributed by atoms with E-state index in [0.29, 0.717) is 4.68 Å². The predicted molar refractivity (Wildman–Crippen MR) is 51.9 cm³/mol. The molecule has 1 fully saturated rings. The molecule has 0 spiro atoms. The number of aliphatic hydroxyl groups is 3. The van der Waals surface area contributed by atoms with Crippen LogP contribution in [0.1, 0.15) is 12.6 Å². The predicted octanol–water partition coefficient (Wildman–Crippen LogP) is -3.11. The number of H-pyrrole nitrogens is 1. The van der Waals surface area contributed by atoms with Crippen molar-refractivity contribution < 1.29 is 20.1 Å². The first kappa shape index (κ1) is 11.9. The van der Waals surface area contributed by atoms with Gasteiger partial charge in [0.2, 0.25) is 0 Å². The number of hydrogen-bond acceptors (Lipinski definition) is 7. The third-order valence-corrected chi connectivity index (χ3v) is 2.40. The smallest absolute Gasteiger partial charge is 0.347 e. The lowest BCUT2D eigenvalue weighted by atomic mass is 10.1. The van der Waals surface area contributed by atoms with Crippen LogP contribution in [0.15, 0.2) is 15.8 Å². The Kier molecular flexibility index (Phi) is 3.07. The summed E-state index contributed by atoms with van der Waals surface area (Å²) >= 11 is 0. The first-order valence-electron chi connectivity index (χ1n) is 4.87. The maximum absolute atomic E-state index is 11.4. The van der Waals surface area contributed by atoms with Crippen LogP contribution in [0.4, 0.5) is 0 Å². The Labute approximate surface area is 93.9 Å². The number of nitrogens with one attached hydrogen (secondary N) is 1. The van der Waals surface area contributed by atoms with Gasteiger partial charge in [-0.05, 0) is 0 Å². The number of rotatable bonds is 1. The van der Waals surface area contributed by atoms with Crippen molar-refractivity contribution in [1.82, 2.24) is 14.8 Å². The number of aliphatic hydroxyl groups excluding tert-OH is 3. The van der Waals surface area contributed by atoms with Crippen LogP contribution in [0.2, 0.25) is 0 Å². The van der Waals surface area contributed by atoms with Gasteiger partial charge < -0.3 is 20.1 Å². The van der Waals surface area contributed by atoms with Gasteiger partial charge in [-0.1, -0.05) is 0 Å². The number of ether oxygens (including phenoxy) is 1. The fourth-order valence-corrected chi connectivity index (χ4v) is 1.57. The van der Waals surface area contributed by atoms with Gasteiger partial charge in [-0.2, -0.15) is 9.78 Å². The molecule has 17 heavy (non-hydrogen) atoms. The highest BCUT2D eigenvalue weighted by Crippen LogP contribution is 2.24. The standard InChI is InChI=1S/C8H11N3O6/c12-3-1-4(13)7(15)17-6(3)11-8(16)10-5(14)2-9-11/h2-4,6-7,12-13,15H,1H2,(H,10,14,16)/t3-,4+,6-,7-/m1/s1. The van der Waals surface area contributed by atoms with E-state index < -0.39 is 36.0 Å². The molecule has 0 saturated carbocycles. The van der Waals surface area contributed by atoms with Crippen molar-refractivity contribution in [3.63, 3.8) is 0 Å². The largest absolute Gasteiger partial charge is 0.388 e. The molecule has 9 heteroatoms. The van der Waals surface area contributed by atoms with Gasteiger partial charge in [0.05, 0.1) is 0 Å². The molecule has 1 aromatic rings. The lowest BCUT2D eigenvalue weighted by Gasteiger charge is -2.34. The zero-order chi connectivity index (χ0) is 12.6. The zero-order valence-electron chi connectivity index (χ0n) is 8.55. The Morgan fingerprint density at radius 2 is 2.06 bits per heavy atom. The van der Waals surface area contributed by atoms with Crippen molar-refractivity contribution in [3.8, 4) is 0 Å². The molecule has 4 N–H and O–H groups in total. The lowest BCUT2D eigenvalue weighted by molar-refractivity contribution is -0.270. The van der Waals surface area contributed by atoms with Gasteiger partial charge in [-0.3, -0.25) is 9.78 Å². The number of aromatic amines is 1. The van der Waals surface area contributed by atoms with Gasteiger partial charge in [-0.15, -0.1) is 0 Å². The summed E-state index contributed by atoms with van der Waals surface area (Å²) in [7, 11) is 0. The molecule has 9 nitrogen and oxygen atoms in total. The second-order valence-corrected chi connectivity index (χ2v) is 3.67. The molecule has 0 bridgehead atoms. The Hall–Kier alpha value is -1.55. The van der Waals surface area contributed by atoms with Gasteiger partial charge in [0.25, 0.3) is 5.56 Å². The Morgan fingerprint density at radius 1 is 1.35 bits per heavy atom. The van der Waals surface area contributed by atoms with Crippen LogP contribution in [-0.2, 0) is 4.74 Å². The molecule has 1 aliphatic heterocycles. The summed E-state index contributed by atoms with van der Waals surface area (Å²) in [5, 5.41) is 31.6. The van der Waals surface area contributed by atoms with Crippen LogP contribution >= 0.6 is 0 Å². The summed E-state index contributed by atoms with van der Waals surface area (Å²) in [6.07, 6.45) is -4.56. The molecule has 4 atom stereocenters. The third-order valence-electron chi connectivity index (χ3n) is 2.40. The summed E-state index contributed by atoms with van der Waals surface area (Å²) in [6.45, 7) is 0. The quantitative estimate of drug-likeness (QED) is 0.411. The minimum Gasteiger partial charge on any atom is -0.388 e. The number of nitrogens with zero attached hydrogens (tertiary/aromatic N) is 2. The minimum atomic E-state index is -1.52. The van der Waals surface area contributed by atoms with Gasteiger partial charge in [0, 0.05) is 6.42 Å². The first-order chi connectivity index (χ1) is 7.99.